The van der Waals surface area contributed by atoms with E-state index in [0.29, 0.717) is 11.5 Å². The first-order chi connectivity index (χ1) is 9.91. The molecule has 0 N–H and O–H groups in total. The highest BCUT2D eigenvalue weighted by molar-refractivity contribution is 7.89. The summed E-state index contributed by atoms with van der Waals surface area (Å²) in [6.07, 6.45) is 3.73. The fourth-order valence-corrected chi connectivity index (χ4v) is 5.45. The van der Waals surface area contributed by atoms with Gasteiger partial charge in [0.05, 0.1) is 0 Å². The first-order valence-electron chi connectivity index (χ1n) is 7.56. The van der Waals surface area contributed by atoms with Crippen molar-refractivity contribution >= 4 is 10.0 Å². The zero-order chi connectivity index (χ0) is 15.2. The van der Waals surface area contributed by atoms with Crippen molar-refractivity contribution in [2.75, 3.05) is 20.1 Å². The van der Waals surface area contributed by atoms with Crippen molar-refractivity contribution in [2.24, 2.45) is 0 Å². The van der Waals surface area contributed by atoms with Crippen LogP contribution in [0.4, 0.5) is 0 Å². The number of hydrogen-bond donors (Lipinski definition) is 0. The highest BCUT2D eigenvalue weighted by atomic mass is 32.2. The van der Waals surface area contributed by atoms with Gasteiger partial charge in [-0.3, -0.25) is 0 Å². The maximum absolute atomic E-state index is 13.1. The maximum atomic E-state index is 13.1. The molecular weight excluding hydrogens is 290 g/mol. The molecule has 0 unspecified atom stereocenters. The molecule has 3 rings (SSSR count). The second kappa shape index (κ2) is 5.37. The number of aryl methyl sites for hydroxylation is 2. The van der Waals surface area contributed by atoms with Crippen LogP contribution in [0.3, 0.4) is 0 Å². The van der Waals surface area contributed by atoms with Crippen molar-refractivity contribution in [1.82, 2.24) is 14.4 Å². The van der Waals surface area contributed by atoms with Gasteiger partial charge < -0.3 is 9.42 Å². The van der Waals surface area contributed by atoms with Gasteiger partial charge >= 0.3 is 0 Å². The topological polar surface area (TPSA) is 66.7 Å². The lowest BCUT2D eigenvalue weighted by molar-refractivity contribution is 0.178. The van der Waals surface area contributed by atoms with Gasteiger partial charge in [-0.25, -0.2) is 8.42 Å². The molecule has 0 amide bonds. The fourth-order valence-electron chi connectivity index (χ4n) is 3.22. The Hall–Kier alpha value is -0.920. The largest absolute Gasteiger partial charge is 0.360 e. The zero-order valence-electron chi connectivity index (χ0n) is 12.9. The van der Waals surface area contributed by atoms with Crippen molar-refractivity contribution in [3.05, 3.63) is 11.5 Å². The van der Waals surface area contributed by atoms with Gasteiger partial charge in [-0.1, -0.05) is 5.16 Å². The molecule has 1 aliphatic heterocycles. The van der Waals surface area contributed by atoms with Gasteiger partial charge in [-0.15, -0.1) is 0 Å². The Kier molecular flexibility index (Phi) is 3.83. The summed E-state index contributed by atoms with van der Waals surface area (Å²) >= 11 is 0. The molecule has 0 radical (unpaired) electrons. The molecule has 21 heavy (non-hydrogen) atoms. The van der Waals surface area contributed by atoms with Gasteiger partial charge in [0.2, 0.25) is 10.0 Å². The number of rotatable bonds is 4. The second-order valence-electron chi connectivity index (χ2n) is 6.25. The minimum Gasteiger partial charge on any atom is -0.360 e. The van der Waals surface area contributed by atoms with Crippen LogP contribution in [-0.2, 0) is 10.0 Å². The Labute approximate surface area is 126 Å². The van der Waals surface area contributed by atoms with E-state index in [1.54, 1.807) is 18.2 Å². The Morgan fingerprint density at radius 1 is 1.14 bits per heavy atom. The van der Waals surface area contributed by atoms with Gasteiger partial charge in [0.25, 0.3) is 0 Å². The van der Waals surface area contributed by atoms with E-state index < -0.39 is 10.0 Å². The van der Waals surface area contributed by atoms with E-state index in [2.05, 4.69) is 17.1 Å². The fraction of sp³-hybridized carbons (Fsp3) is 0.786. The Morgan fingerprint density at radius 2 is 1.71 bits per heavy atom. The van der Waals surface area contributed by atoms with Crippen LogP contribution in [0.25, 0.3) is 0 Å². The number of nitrogens with zero attached hydrogens (tertiary/aromatic N) is 3. The van der Waals surface area contributed by atoms with Crippen molar-refractivity contribution in [3.63, 3.8) is 0 Å². The minimum absolute atomic E-state index is 0.104. The van der Waals surface area contributed by atoms with E-state index >= 15 is 0 Å². The molecule has 7 heteroatoms. The normalized spacial score (nSPS) is 22.1. The summed E-state index contributed by atoms with van der Waals surface area (Å²) in [5, 5.41) is 3.81. The predicted molar refractivity (Wildman–Crippen MR) is 78.5 cm³/mol. The van der Waals surface area contributed by atoms with E-state index in [-0.39, 0.29) is 17.0 Å². The van der Waals surface area contributed by atoms with Crippen LogP contribution in [0.15, 0.2) is 9.42 Å². The molecule has 2 aliphatic rings. The van der Waals surface area contributed by atoms with Gasteiger partial charge in [-0.2, -0.15) is 4.31 Å². The number of likely N-dealkylation sites (tertiary alicyclic amines) is 1. The maximum Gasteiger partial charge on any atom is 0.248 e. The summed E-state index contributed by atoms with van der Waals surface area (Å²) in [5.74, 6) is 0.395. The predicted octanol–water partition coefficient (Wildman–Crippen LogP) is 1.54. The molecular formula is C14H23N3O3S. The first kappa shape index (κ1) is 15.0. The van der Waals surface area contributed by atoms with Crippen LogP contribution >= 0.6 is 0 Å². The van der Waals surface area contributed by atoms with Crippen LogP contribution in [0.2, 0.25) is 0 Å². The molecule has 1 saturated heterocycles. The van der Waals surface area contributed by atoms with Crippen molar-refractivity contribution < 1.29 is 12.9 Å². The SMILES string of the molecule is Cc1noc(C)c1S(=O)(=O)N(C1CC1)C1CCN(C)CC1. The van der Waals surface area contributed by atoms with Crippen molar-refractivity contribution in [2.45, 2.75) is 56.5 Å². The minimum atomic E-state index is -3.51. The van der Waals surface area contributed by atoms with E-state index in [4.69, 9.17) is 4.52 Å². The van der Waals surface area contributed by atoms with Crippen molar-refractivity contribution in [3.8, 4) is 0 Å². The van der Waals surface area contributed by atoms with Gasteiger partial charge in [0.15, 0.2) is 5.76 Å². The summed E-state index contributed by atoms with van der Waals surface area (Å²) in [7, 11) is -1.43. The summed E-state index contributed by atoms with van der Waals surface area (Å²) in [6, 6.07) is 0.268. The zero-order valence-corrected chi connectivity index (χ0v) is 13.7. The molecule has 6 nitrogen and oxygen atoms in total. The molecule has 118 valence electrons. The summed E-state index contributed by atoms with van der Waals surface area (Å²) in [4.78, 5) is 2.53. The van der Waals surface area contributed by atoms with E-state index in [0.717, 1.165) is 38.8 Å². The summed E-state index contributed by atoms with van der Waals surface area (Å²) in [5.41, 5.74) is 0.464. The highest BCUT2D eigenvalue weighted by Crippen LogP contribution is 2.37. The van der Waals surface area contributed by atoms with Crippen LogP contribution in [0, 0.1) is 13.8 Å². The van der Waals surface area contributed by atoms with Crippen LogP contribution in [0.5, 0.6) is 0 Å². The molecule has 1 saturated carbocycles. The molecule has 2 fully saturated rings. The molecule has 0 aromatic carbocycles. The third kappa shape index (κ3) is 2.74. The molecule has 1 aromatic heterocycles. The lowest BCUT2D eigenvalue weighted by Crippen LogP contribution is -2.47. The van der Waals surface area contributed by atoms with E-state index in [1.807, 2.05) is 0 Å². The van der Waals surface area contributed by atoms with Crippen molar-refractivity contribution in [1.29, 1.82) is 0 Å². The smallest absolute Gasteiger partial charge is 0.248 e. The molecule has 1 aliphatic carbocycles. The van der Waals surface area contributed by atoms with Gasteiger partial charge in [-0.05, 0) is 59.7 Å². The Balaban J connectivity index is 1.94. The van der Waals surface area contributed by atoms with E-state index in [1.165, 1.54) is 0 Å². The third-order valence-corrected chi connectivity index (χ3v) is 6.71. The lowest BCUT2D eigenvalue weighted by Gasteiger charge is -2.36. The highest BCUT2D eigenvalue weighted by Gasteiger charge is 2.45. The lowest BCUT2D eigenvalue weighted by atomic mass is 10.1. The molecule has 1 aromatic rings. The third-order valence-electron chi connectivity index (χ3n) is 4.46. The van der Waals surface area contributed by atoms with Gasteiger partial charge in [0, 0.05) is 12.1 Å². The number of aromatic nitrogens is 1. The standard InChI is InChI=1S/C14H23N3O3S/c1-10-14(11(2)20-15-10)21(18,19)17(12-4-5-12)13-6-8-16(3)9-7-13/h12-13H,4-9H2,1-3H3. The van der Waals surface area contributed by atoms with Gasteiger partial charge in [0.1, 0.15) is 10.6 Å². The molecule has 0 atom stereocenters. The number of hydrogen-bond acceptors (Lipinski definition) is 5. The monoisotopic (exact) mass is 313 g/mol. The molecule has 0 spiro atoms. The van der Waals surface area contributed by atoms with Crippen LogP contribution < -0.4 is 0 Å². The first-order valence-corrected chi connectivity index (χ1v) is 9.00. The molecule has 0 bridgehead atoms. The Morgan fingerprint density at radius 3 is 2.19 bits per heavy atom. The Bertz CT molecular complexity index is 594. The average molecular weight is 313 g/mol. The van der Waals surface area contributed by atoms with Crippen LogP contribution in [-0.4, -0.2) is 55.0 Å². The average Bonchev–Trinajstić information content (AvgIpc) is 3.17. The second-order valence-corrected chi connectivity index (χ2v) is 8.03. The number of sulfonamides is 1. The quantitative estimate of drug-likeness (QED) is 0.843. The van der Waals surface area contributed by atoms with Crippen LogP contribution in [0.1, 0.15) is 37.1 Å². The summed E-state index contributed by atoms with van der Waals surface area (Å²) < 4.78 is 33.0. The summed E-state index contributed by atoms with van der Waals surface area (Å²) in [6.45, 7) is 5.27. The number of piperidine rings is 1. The van der Waals surface area contributed by atoms with E-state index in [9.17, 15) is 8.42 Å². The molecule has 2 heterocycles.